The van der Waals surface area contributed by atoms with E-state index in [2.05, 4.69) is 39.5 Å². The molecule has 1 heteroatoms. The van der Waals surface area contributed by atoms with Gasteiger partial charge in [0.15, 0.2) is 0 Å². The van der Waals surface area contributed by atoms with Crippen molar-refractivity contribution in [1.82, 2.24) is 0 Å². The Morgan fingerprint density at radius 1 is 1.22 bits per heavy atom. The first kappa shape index (κ1) is 15.0. The van der Waals surface area contributed by atoms with Crippen LogP contribution >= 0.6 is 0 Å². The van der Waals surface area contributed by atoms with E-state index in [1.807, 2.05) is 18.2 Å². The second-order valence-corrected chi connectivity index (χ2v) is 5.20. The molecule has 1 rings (SSSR count). The minimum absolute atomic E-state index is 0.208. The first-order valence-electron chi connectivity index (χ1n) is 6.99. The van der Waals surface area contributed by atoms with Crippen LogP contribution in [-0.4, -0.2) is 11.2 Å². The van der Waals surface area contributed by atoms with Gasteiger partial charge >= 0.3 is 0 Å². The van der Waals surface area contributed by atoms with Crippen LogP contribution in [-0.2, 0) is 0 Å². The molecular weight excluding hydrogens is 220 g/mol. The van der Waals surface area contributed by atoms with Crippen LogP contribution in [0.4, 0.5) is 0 Å². The SMILES string of the molecule is C=C(CC)CC(O)C(c1ccccc1)C(C)CC. The summed E-state index contributed by atoms with van der Waals surface area (Å²) in [6.45, 7) is 10.5. The van der Waals surface area contributed by atoms with Gasteiger partial charge in [-0.25, -0.2) is 0 Å². The van der Waals surface area contributed by atoms with E-state index in [9.17, 15) is 5.11 Å². The van der Waals surface area contributed by atoms with Crippen molar-refractivity contribution in [1.29, 1.82) is 0 Å². The molecule has 0 heterocycles. The quantitative estimate of drug-likeness (QED) is 0.701. The van der Waals surface area contributed by atoms with Gasteiger partial charge < -0.3 is 5.11 Å². The van der Waals surface area contributed by atoms with Gasteiger partial charge in [0.25, 0.3) is 0 Å². The van der Waals surface area contributed by atoms with E-state index in [0.717, 1.165) is 18.4 Å². The minimum Gasteiger partial charge on any atom is -0.392 e. The molecule has 3 unspecified atom stereocenters. The maximum atomic E-state index is 10.5. The maximum Gasteiger partial charge on any atom is 0.0648 e. The van der Waals surface area contributed by atoms with Crippen LogP contribution in [0.1, 0.15) is 51.5 Å². The maximum absolute atomic E-state index is 10.5. The van der Waals surface area contributed by atoms with Crippen LogP contribution in [0.15, 0.2) is 42.5 Å². The van der Waals surface area contributed by atoms with Crippen molar-refractivity contribution < 1.29 is 5.11 Å². The average molecular weight is 246 g/mol. The van der Waals surface area contributed by atoms with Crippen LogP contribution in [0, 0.1) is 5.92 Å². The smallest absolute Gasteiger partial charge is 0.0648 e. The first-order valence-corrected chi connectivity index (χ1v) is 6.99. The fourth-order valence-corrected chi connectivity index (χ4v) is 2.43. The fraction of sp³-hybridized carbons (Fsp3) is 0.529. The number of aliphatic hydroxyl groups excluding tert-OH is 1. The van der Waals surface area contributed by atoms with Gasteiger partial charge in [0.05, 0.1) is 6.10 Å². The summed E-state index contributed by atoms with van der Waals surface area (Å²) < 4.78 is 0. The molecule has 0 aliphatic carbocycles. The largest absolute Gasteiger partial charge is 0.392 e. The molecule has 1 aromatic carbocycles. The Balaban J connectivity index is 2.88. The fourth-order valence-electron chi connectivity index (χ4n) is 2.43. The molecule has 3 atom stereocenters. The number of hydrogen-bond donors (Lipinski definition) is 1. The van der Waals surface area contributed by atoms with Gasteiger partial charge in [-0.15, -0.1) is 0 Å². The molecule has 0 radical (unpaired) electrons. The predicted molar refractivity (Wildman–Crippen MR) is 78.7 cm³/mol. The number of hydrogen-bond acceptors (Lipinski definition) is 1. The van der Waals surface area contributed by atoms with E-state index in [0.29, 0.717) is 12.3 Å². The number of benzene rings is 1. The molecule has 0 saturated carbocycles. The second kappa shape index (κ2) is 7.38. The monoisotopic (exact) mass is 246 g/mol. The number of rotatable bonds is 7. The zero-order chi connectivity index (χ0) is 13.5. The van der Waals surface area contributed by atoms with Crippen molar-refractivity contribution in [3.63, 3.8) is 0 Å². The molecule has 1 nitrogen and oxygen atoms in total. The lowest BCUT2D eigenvalue weighted by atomic mass is 9.79. The van der Waals surface area contributed by atoms with E-state index < -0.39 is 0 Å². The third-order valence-corrected chi connectivity index (χ3v) is 3.85. The standard InChI is InChI=1S/C17H26O/c1-5-13(3)12-16(18)17(14(4)6-2)15-10-8-7-9-11-15/h7-11,14,16-18H,3,5-6,12H2,1-2,4H3. The highest BCUT2D eigenvalue weighted by Crippen LogP contribution is 2.32. The summed E-state index contributed by atoms with van der Waals surface area (Å²) in [5.41, 5.74) is 2.37. The Labute approximate surface area is 112 Å². The summed E-state index contributed by atoms with van der Waals surface area (Å²) in [4.78, 5) is 0. The minimum atomic E-state index is -0.324. The van der Waals surface area contributed by atoms with E-state index in [-0.39, 0.29) is 12.0 Å². The molecule has 0 aliphatic heterocycles. The number of aliphatic hydroxyl groups is 1. The zero-order valence-corrected chi connectivity index (χ0v) is 11.9. The van der Waals surface area contributed by atoms with Gasteiger partial charge in [0, 0.05) is 5.92 Å². The van der Waals surface area contributed by atoms with Crippen LogP contribution in [0.2, 0.25) is 0 Å². The van der Waals surface area contributed by atoms with Crippen molar-refractivity contribution >= 4 is 0 Å². The summed E-state index contributed by atoms with van der Waals surface area (Å²) >= 11 is 0. The van der Waals surface area contributed by atoms with Crippen molar-refractivity contribution in [3.05, 3.63) is 48.0 Å². The Morgan fingerprint density at radius 3 is 2.33 bits per heavy atom. The summed E-state index contributed by atoms with van der Waals surface area (Å²) in [5.74, 6) is 0.687. The predicted octanol–water partition coefficient (Wildman–Crippen LogP) is 4.53. The van der Waals surface area contributed by atoms with E-state index in [1.54, 1.807) is 0 Å². The Hall–Kier alpha value is -1.08. The molecule has 18 heavy (non-hydrogen) atoms. The molecule has 0 saturated heterocycles. The van der Waals surface area contributed by atoms with Crippen molar-refractivity contribution in [2.24, 2.45) is 5.92 Å². The average Bonchev–Trinajstić information content (AvgIpc) is 2.39. The molecular formula is C17H26O. The van der Waals surface area contributed by atoms with Crippen LogP contribution < -0.4 is 0 Å². The highest BCUT2D eigenvalue weighted by molar-refractivity contribution is 5.22. The van der Waals surface area contributed by atoms with Crippen LogP contribution in [0.5, 0.6) is 0 Å². The molecule has 0 bridgehead atoms. The highest BCUT2D eigenvalue weighted by Gasteiger charge is 2.25. The van der Waals surface area contributed by atoms with E-state index in [1.165, 1.54) is 5.56 Å². The van der Waals surface area contributed by atoms with Gasteiger partial charge in [0.2, 0.25) is 0 Å². The second-order valence-electron chi connectivity index (χ2n) is 5.20. The third kappa shape index (κ3) is 3.99. The van der Waals surface area contributed by atoms with Crippen LogP contribution in [0.25, 0.3) is 0 Å². The molecule has 1 aromatic rings. The molecule has 0 amide bonds. The van der Waals surface area contributed by atoms with Gasteiger partial charge in [-0.3, -0.25) is 0 Å². The van der Waals surface area contributed by atoms with Gasteiger partial charge in [-0.1, -0.05) is 69.7 Å². The Morgan fingerprint density at radius 2 is 1.83 bits per heavy atom. The summed E-state index contributed by atoms with van der Waals surface area (Å²) in [6, 6.07) is 10.4. The summed E-state index contributed by atoms with van der Waals surface area (Å²) in [6.07, 6.45) is 2.41. The molecule has 0 spiro atoms. The topological polar surface area (TPSA) is 20.2 Å². The molecule has 0 aliphatic rings. The molecule has 1 N–H and O–H groups in total. The molecule has 100 valence electrons. The highest BCUT2D eigenvalue weighted by atomic mass is 16.3. The Bertz CT molecular complexity index is 355. The molecule has 0 fully saturated rings. The molecule has 0 aromatic heterocycles. The van der Waals surface area contributed by atoms with Crippen molar-refractivity contribution in [2.45, 2.75) is 52.1 Å². The van der Waals surface area contributed by atoms with Crippen molar-refractivity contribution in [2.75, 3.05) is 0 Å². The van der Waals surface area contributed by atoms with Gasteiger partial charge in [-0.05, 0) is 24.3 Å². The van der Waals surface area contributed by atoms with E-state index in [4.69, 9.17) is 0 Å². The lowest BCUT2D eigenvalue weighted by Gasteiger charge is -2.29. The van der Waals surface area contributed by atoms with Gasteiger partial charge in [0.1, 0.15) is 0 Å². The van der Waals surface area contributed by atoms with Gasteiger partial charge in [-0.2, -0.15) is 0 Å². The normalized spacial score (nSPS) is 16.0. The lowest BCUT2D eigenvalue weighted by Crippen LogP contribution is -2.24. The lowest BCUT2D eigenvalue weighted by molar-refractivity contribution is 0.116. The summed E-state index contributed by atoms with van der Waals surface area (Å²) in [7, 11) is 0. The Kier molecular flexibility index (Phi) is 6.14. The zero-order valence-electron chi connectivity index (χ0n) is 11.9. The third-order valence-electron chi connectivity index (χ3n) is 3.85. The van der Waals surface area contributed by atoms with Crippen LogP contribution in [0.3, 0.4) is 0 Å². The van der Waals surface area contributed by atoms with Crippen molar-refractivity contribution in [3.8, 4) is 0 Å². The van der Waals surface area contributed by atoms with E-state index >= 15 is 0 Å². The summed E-state index contributed by atoms with van der Waals surface area (Å²) in [5, 5.41) is 10.5. The first-order chi connectivity index (χ1) is 8.60.